The van der Waals surface area contributed by atoms with Crippen molar-refractivity contribution in [1.29, 1.82) is 0 Å². The highest BCUT2D eigenvalue weighted by atomic mass is 19.1. The highest BCUT2D eigenvalue weighted by Crippen LogP contribution is 2.28. The predicted octanol–water partition coefficient (Wildman–Crippen LogP) is 3.10. The Morgan fingerprint density at radius 3 is 2.41 bits per heavy atom. The lowest BCUT2D eigenvalue weighted by Crippen LogP contribution is -2.30. The molecule has 0 fully saturated rings. The number of amides is 1. The fourth-order valence-corrected chi connectivity index (χ4v) is 2.27. The first-order valence-electron chi connectivity index (χ1n) is 8.62. The molecule has 0 saturated heterocycles. The second kappa shape index (κ2) is 10.2. The smallest absolute Gasteiger partial charge is 0.325 e. The summed E-state index contributed by atoms with van der Waals surface area (Å²) in [6.45, 7) is 4.05. The van der Waals surface area contributed by atoms with Gasteiger partial charge in [0.25, 0.3) is 5.91 Å². The fraction of sp³-hybridized carbons (Fsp3) is 0.300. The van der Waals surface area contributed by atoms with Crippen LogP contribution in [0.5, 0.6) is 11.5 Å². The van der Waals surface area contributed by atoms with E-state index in [-0.39, 0.29) is 18.7 Å². The molecule has 0 aliphatic rings. The van der Waals surface area contributed by atoms with E-state index in [0.29, 0.717) is 30.3 Å². The van der Waals surface area contributed by atoms with Crippen molar-refractivity contribution in [1.82, 2.24) is 5.32 Å². The van der Waals surface area contributed by atoms with Crippen LogP contribution in [-0.4, -0.2) is 31.6 Å². The molecule has 0 atom stereocenters. The molecule has 0 aliphatic heterocycles. The van der Waals surface area contributed by atoms with Crippen molar-refractivity contribution in [3.63, 3.8) is 0 Å². The summed E-state index contributed by atoms with van der Waals surface area (Å²) in [5.74, 6) is -0.578. The van der Waals surface area contributed by atoms with Crippen LogP contribution in [0.4, 0.5) is 4.39 Å². The summed E-state index contributed by atoms with van der Waals surface area (Å²) in [4.78, 5) is 24.0. The van der Waals surface area contributed by atoms with Crippen LogP contribution in [0.2, 0.25) is 0 Å². The molecule has 2 rings (SSSR count). The zero-order valence-corrected chi connectivity index (χ0v) is 15.3. The topological polar surface area (TPSA) is 73.9 Å². The van der Waals surface area contributed by atoms with Crippen LogP contribution in [0.1, 0.15) is 29.8 Å². The maximum atomic E-state index is 13.5. The molecule has 0 heterocycles. The van der Waals surface area contributed by atoms with Gasteiger partial charge in [0.05, 0.1) is 13.2 Å². The number of benzene rings is 2. The molecule has 2 aromatic carbocycles. The summed E-state index contributed by atoms with van der Waals surface area (Å²) in [6, 6.07) is 10.8. The third kappa shape index (κ3) is 5.99. The van der Waals surface area contributed by atoms with Crippen LogP contribution < -0.4 is 14.8 Å². The molecule has 6 nitrogen and oxygen atoms in total. The molecule has 1 amide bonds. The molecular formula is C20H22FNO5. The number of nitrogens with one attached hydrogen (secondary N) is 1. The van der Waals surface area contributed by atoms with Crippen molar-refractivity contribution in [3.8, 4) is 11.5 Å². The number of esters is 1. The number of rotatable bonds is 9. The van der Waals surface area contributed by atoms with Gasteiger partial charge in [0.15, 0.2) is 11.5 Å². The average Bonchev–Trinajstić information content (AvgIpc) is 2.67. The summed E-state index contributed by atoms with van der Waals surface area (Å²) in [7, 11) is 0. The van der Waals surface area contributed by atoms with Gasteiger partial charge < -0.3 is 19.5 Å². The van der Waals surface area contributed by atoms with Crippen LogP contribution in [0, 0.1) is 5.82 Å². The van der Waals surface area contributed by atoms with Crippen LogP contribution in [0.25, 0.3) is 0 Å². The van der Waals surface area contributed by atoms with E-state index in [1.54, 1.807) is 30.3 Å². The maximum Gasteiger partial charge on any atom is 0.325 e. The average molecular weight is 375 g/mol. The van der Waals surface area contributed by atoms with E-state index in [9.17, 15) is 14.0 Å². The summed E-state index contributed by atoms with van der Waals surface area (Å²) < 4.78 is 29.4. The van der Waals surface area contributed by atoms with Gasteiger partial charge in [-0.15, -0.1) is 0 Å². The van der Waals surface area contributed by atoms with E-state index in [1.807, 2.05) is 13.8 Å². The van der Waals surface area contributed by atoms with Crippen LogP contribution >= 0.6 is 0 Å². The zero-order valence-electron chi connectivity index (χ0n) is 15.3. The van der Waals surface area contributed by atoms with Crippen molar-refractivity contribution in [2.75, 3.05) is 19.8 Å². The molecule has 7 heteroatoms. The van der Waals surface area contributed by atoms with Crippen molar-refractivity contribution < 1.29 is 28.2 Å². The van der Waals surface area contributed by atoms with Crippen molar-refractivity contribution >= 4 is 11.9 Å². The van der Waals surface area contributed by atoms with Gasteiger partial charge in [0.2, 0.25) is 0 Å². The first-order chi connectivity index (χ1) is 13.0. The monoisotopic (exact) mass is 375 g/mol. The van der Waals surface area contributed by atoms with E-state index in [4.69, 9.17) is 14.2 Å². The Morgan fingerprint density at radius 1 is 1.00 bits per heavy atom. The zero-order chi connectivity index (χ0) is 19.6. The van der Waals surface area contributed by atoms with Crippen LogP contribution in [-0.2, 0) is 16.1 Å². The minimum absolute atomic E-state index is 0.196. The SMILES string of the molecule is CCOc1ccc(C(=O)NCC(=O)OCc2ccccc2F)cc1OCC. The maximum absolute atomic E-state index is 13.5. The second-order valence-corrected chi connectivity index (χ2v) is 5.46. The van der Waals surface area contributed by atoms with Gasteiger partial charge in [-0.05, 0) is 38.1 Å². The van der Waals surface area contributed by atoms with Gasteiger partial charge in [-0.2, -0.15) is 0 Å². The molecule has 0 radical (unpaired) electrons. The van der Waals surface area contributed by atoms with Gasteiger partial charge in [-0.25, -0.2) is 4.39 Å². The van der Waals surface area contributed by atoms with E-state index in [1.165, 1.54) is 12.1 Å². The minimum atomic E-state index is -0.664. The largest absolute Gasteiger partial charge is 0.490 e. The third-order valence-electron chi connectivity index (χ3n) is 3.55. The number of hydrogen-bond donors (Lipinski definition) is 1. The van der Waals surface area contributed by atoms with Crippen LogP contribution in [0.3, 0.4) is 0 Å². The molecule has 0 saturated carbocycles. The number of hydrogen-bond acceptors (Lipinski definition) is 5. The number of ether oxygens (including phenoxy) is 3. The van der Waals surface area contributed by atoms with Gasteiger partial charge in [-0.1, -0.05) is 18.2 Å². The number of halogens is 1. The molecule has 0 aromatic heterocycles. The Morgan fingerprint density at radius 2 is 1.70 bits per heavy atom. The van der Waals surface area contributed by atoms with E-state index < -0.39 is 17.7 Å². The molecule has 2 aromatic rings. The standard InChI is InChI=1S/C20H22FNO5/c1-3-25-17-10-9-14(11-18(17)26-4-2)20(24)22-12-19(23)27-13-15-7-5-6-8-16(15)21/h5-11H,3-4,12-13H2,1-2H3,(H,22,24). The van der Waals surface area contributed by atoms with Gasteiger partial charge in [-0.3, -0.25) is 9.59 Å². The van der Waals surface area contributed by atoms with Gasteiger partial charge in [0, 0.05) is 11.1 Å². The molecule has 144 valence electrons. The van der Waals surface area contributed by atoms with E-state index in [2.05, 4.69) is 5.32 Å². The van der Waals surface area contributed by atoms with Crippen LogP contribution in [0.15, 0.2) is 42.5 Å². The fourth-order valence-electron chi connectivity index (χ4n) is 2.27. The van der Waals surface area contributed by atoms with Gasteiger partial charge in [0.1, 0.15) is 19.0 Å². The molecular weight excluding hydrogens is 353 g/mol. The molecule has 1 N–H and O–H groups in total. The lowest BCUT2D eigenvalue weighted by atomic mass is 10.2. The molecule has 0 spiro atoms. The Balaban J connectivity index is 1.90. The summed E-state index contributed by atoms with van der Waals surface area (Å²) in [6.07, 6.45) is 0. The first-order valence-corrected chi connectivity index (χ1v) is 8.62. The van der Waals surface area contributed by atoms with Gasteiger partial charge >= 0.3 is 5.97 Å². The third-order valence-corrected chi connectivity index (χ3v) is 3.55. The Bertz CT molecular complexity index is 794. The molecule has 0 aliphatic carbocycles. The summed E-state index contributed by atoms with van der Waals surface area (Å²) in [5.41, 5.74) is 0.592. The van der Waals surface area contributed by atoms with E-state index >= 15 is 0 Å². The van der Waals surface area contributed by atoms with E-state index in [0.717, 1.165) is 0 Å². The van der Waals surface area contributed by atoms with Crippen molar-refractivity contribution in [3.05, 3.63) is 59.4 Å². The number of carbonyl (C=O) groups is 2. The van der Waals surface area contributed by atoms with Crippen molar-refractivity contribution in [2.45, 2.75) is 20.5 Å². The summed E-state index contributed by atoms with van der Waals surface area (Å²) >= 11 is 0. The quantitative estimate of drug-likeness (QED) is 0.682. The lowest BCUT2D eigenvalue weighted by Gasteiger charge is -2.12. The second-order valence-electron chi connectivity index (χ2n) is 5.46. The lowest BCUT2D eigenvalue weighted by molar-refractivity contribution is -0.143. The summed E-state index contributed by atoms with van der Waals surface area (Å²) in [5, 5.41) is 2.47. The highest BCUT2D eigenvalue weighted by Gasteiger charge is 2.13. The highest BCUT2D eigenvalue weighted by molar-refractivity contribution is 5.96. The Hall–Kier alpha value is -3.09. The molecule has 0 unspecified atom stereocenters. The Labute approximate surface area is 157 Å². The number of carbonyl (C=O) groups excluding carboxylic acids is 2. The predicted molar refractivity (Wildman–Crippen MR) is 97.3 cm³/mol. The Kier molecular flexibility index (Phi) is 7.61. The minimum Gasteiger partial charge on any atom is -0.490 e. The van der Waals surface area contributed by atoms with Crippen molar-refractivity contribution in [2.24, 2.45) is 0 Å². The normalized spacial score (nSPS) is 10.2. The first kappa shape index (κ1) is 20.2. The molecule has 0 bridgehead atoms. The molecule has 27 heavy (non-hydrogen) atoms.